The van der Waals surface area contributed by atoms with E-state index in [1.165, 1.54) is 11.1 Å². The molecule has 2 aliphatic rings. The van der Waals surface area contributed by atoms with Crippen molar-refractivity contribution in [3.8, 4) is 5.75 Å². The topological polar surface area (TPSA) is 29.5 Å². The van der Waals surface area contributed by atoms with Gasteiger partial charge in [0.05, 0.1) is 12.7 Å². The summed E-state index contributed by atoms with van der Waals surface area (Å²) < 4.78 is 5.50. The van der Waals surface area contributed by atoms with Crippen LogP contribution in [0.2, 0.25) is 0 Å². The molecule has 16 heavy (non-hydrogen) atoms. The third-order valence-electron chi connectivity index (χ3n) is 4.09. The molecule has 1 fully saturated rings. The van der Waals surface area contributed by atoms with Crippen LogP contribution in [0.5, 0.6) is 5.75 Å². The molecule has 1 saturated carbocycles. The molecule has 1 heterocycles. The summed E-state index contributed by atoms with van der Waals surface area (Å²) in [4.78, 5) is 0. The lowest BCUT2D eigenvalue weighted by Crippen LogP contribution is -2.20. The molecule has 3 rings (SSSR count). The Balaban J connectivity index is 1.81. The predicted octanol–water partition coefficient (Wildman–Crippen LogP) is 2.33. The summed E-state index contributed by atoms with van der Waals surface area (Å²) in [6.07, 6.45) is 4.19. The van der Waals surface area contributed by atoms with Crippen molar-refractivity contribution in [1.29, 1.82) is 0 Å². The molecule has 0 bridgehead atoms. The molecule has 0 saturated heterocycles. The van der Waals surface area contributed by atoms with Crippen molar-refractivity contribution in [1.82, 2.24) is 0 Å². The van der Waals surface area contributed by atoms with Crippen molar-refractivity contribution in [3.05, 3.63) is 29.3 Å². The van der Waals surface area contributed by atoms with Gasteiger partial charge in [-0.2, -0.15) is 0 Å². The van der Waals surface area contributed by atoms with Gasteiger partial charge >= 0.3 is 0 Å². The first-order chi connectivity index (χ1) is 7.70. The first kappa shape index (κ1) is 10.2. The molecular formula is C14H18O2. The second kappa shape index (κ2) is 3.49. The molecule has 0 amide bonds. The number of aliphatic hydroxyl groups is 1. The standard InChI is InChI=1S/C14H18O2/c1-10(15)14(5-6-14)9-11-2-3-13-12(8-11)4-7-16-13/h2-3,8,10,15H,4-7,9H2,1H3. The Labute approximate surface area is 96.2 Å². The summed E-state index contributed by atoms with van der Waals surface area (Å²) in [5.41, 5.74) is 2.86. The molecule has 1 aromatic carbocycles. The number of hydrogen-bond donors (Lipinski definition) is 1. The molecule has 1 aromatic rings. The van der Waals surface area contributed by atoms with Gasteiger partial charge in [-0.05, 0) is 43.4 Å². The normalized spacial score (nSPS) is 22.4. The fourth-order valence-corrected chi connectivity index (χ4v) is 2.66. The Hall–Kier alpha value is -1.02. The van der Waals surface area contributed by atoms with Crippen LogP contribution in [-0.2, 0) is 12.8 Å². The molecule has 1 aliphatic heterocycles. The van der Waals surface area contributed by atoms with Crippen molar-refractivity contribution in [2.75, 3.05) is 6.61 Å². The summed E-state index contributed by atoms with van der Waals surface area (Å²) in [6, 6.07) is 6.48. The molecule has 0 aromatic heterocycles. The molecular weight excluding hydrogens is 200 g/mol. The quantitative estimate of drug-likeness (QED) is 0.843. The van der Waals surface area contributed by atoms with Crippen molar-refractivity contribution < 1.29 is 9.84 Å². The fourth-order valence-electron chi connectivity index (χ4n) is 2.66. The summed E-state index contributed by atoms with van der Waals surface area (Å²) in [5.74, 6) is 1.05. The van der Waals surface area contributed by atoms with Crippen LogP contribution in [0.25, 0.3) is 0 Å². The highest BCUT2D eigenvalue weighted by atomic mass is 16.5. The highest BCUT2D eigenvalue weighted by molar-refractivity contribution is 5.40. The summed E-state index contributed by atoms with van der Waals surface area (Å²) >= 11 is 0. The average molecular weight is 218 g/mol. The van der Waals surface area contributed by atoms with Crippen molar-refractivity contribution >= 4 is 0 Å². The van der Waals surface area contributed by atoms with Crippen LogP contribution in [-0.4, -0.2) is 17.8 Å². The lowest BCUT2D eigenvalue weighted by atomic mass is 9.91. The van der Waals surface area contributed by atoms with E-state index < -0.39 is 0 Å². The van der Waals surface area contributed by atoms with E-state index in [4.69, 9.17) is 4.74 Å². The Morgan fingerprint density at radius 3 is 2.94 bits per heavy atom. The molecule has 86 valence electrons. The maximum Gasteiger partial charge on any atom is 0.122 e. The van der Waals surface area contributed by atoms with Crippen LogP contribution in [0.1, 0.15) is 30.9 Å². The van der Waals surface area contributed by atoms with E-state index in [2.05, 4.69) is 18.2 Å². The average Bonchev–Trinajstić information content (AvgIpc) is 2.90. The van der Waals surface area contributed by atoms with Gasteiger partial charge in [0.2, 0.25) is 0 Å². The highest BCUT2D eigenvalue weighted by Crippen LogP contribution is 2.51. The third-order valence-corrected chi connectivity index (χ3v) is 4.09. The third kappa shape index (κ3) is 1.61. The zero-order valence-electron chi connectivity index (χ0n) is 9.70. The van der Waals surface area contributed by atoms with Gasteiger partial charge in [0.15, 0.2) is 0 Å². The van der Waals surface area contributed by atoms with E-state index in [9.17, 15) is 5.11 Å². The first-order valence-electron chi connectivity index (χ1n) is 6.12. The molecule has 2 heteroatoms. The van der Waals surface area contributed by atoms with Gasteiger partial charge in [0.1, 0.15) is 5.75 Å². The van der Waals surface area contributed by atoms with Gasteiger partial charge in [0, 0.05) is 11.8 Å². The van der Waals surface area contributed by atoms with Gasteiger partial charge in [-0.3, -0.25) is 0 Å². The number of aliphatic hydroxyl groups excluding tert-OH is 1. The van der Waals surface area contributed by atoms with Crippen LogP contribution >= 0.6 is 0 Å². The Morgan fingerprint density at radius 2 is 2.25 bits per heavy atom. The molecule has 1 atom stereocenters. The lowest BCUT2D eigenvalue weighted by molar-refractivity contribution is 0.110. The zero-order valence-corrected chi connectivity index (χ0v) is 9.70. The van der Waals surface area contributed by atoms with Crippen LogP contribution in [0, 0.1) is 5.41 Å². The minimum absolute atomic E-state index is 0.174. The van der Waals surface area contributed by atoms with E-state index in [0.717, 1.165) is 38.0 Å². The lowest BCUT2D eigenvalue weighted by Gasteiger charge is -2.18. The van der Waals surface area contributed by atoms with Gasteiger partial charge in [-0.1, -0.05) is 12.1 Å². The minimum Gasteiger partial charge on any atom is -0.493 e. The van der Waals surface area contributed by atoms with Gasteiger partial charge in [-0.15, -0.1) is 0 Å². The summed E-state index contributed by atoms with van der Waals surface area (Å²) in [6.45, 7) is 2.74. The molecule has 1 N–H and O–H groups in total. The fraction of sp³-hybridized carbons (Fsp3) is 0.571. The Bertz CT molecular complexity index is 405. The van der Waals surface area contributed by atoms with E-state index in [1.807, 2.05) is 6.92 Å². The molecule has 0 spiro atoms. The second-order valence-corrected chi connectivity index (χ2v) is 5.26. The molecule has 2 nitrogen and oxygen atoms in total. The maximum absolute atomic E-state index is 9.77. The Morgan fingerprint density at radius 1 is 1.44 bits per heavy atom. The number of hydrogen-bond acceptors (Lipinski definition) is 2. The van der Waals surface area contributed by atoms with E-state index in [1.54, 1.807) is 0 Å². The zero-order chi connectivity index (χ0) is 11.2. The molecule has 0 radical (unpaired) electrons. The minimum atomic E-state index is -0.183. The molecule has 1 unspecified atom stereocenters. The SMILES string of the molecule is CC(O)C1(Cc2ccc3c(c2)CCO3)CC1. The van der Waals surface area contributed by atoms with E-state index >= 15 is 0 Å². The summed E-state index contributed by atoms with van der Waals surface area (Å²) in [5, 5.41) is 9.77. The van der Waals surface area contributed by atoms with Gasteiger partial charge in [0.25, 0.3) is 0 Å². The smallest absolute Gasteiger partial charge is 0.122 e. The van der Waals surface area contributed by atoms with Crippen LogP contribution in [0.3, 0.4) is 0 Å². The van der Waals surface area contributed by atoms with Gasteiger partial charge in [-0.25, -0.2) is 0 Å². The second-order valence-electron chi connectivity index (χ2n) is 5.26. The van der Waals surface area contributed by atoms with Gasteiger partial charge < -0.3 is 9.84 Å². The monoisotopic (exact) mass is 218 g/mol. The number of ether oxygens (including phenoxy) is 1. The van der Waals surface area contributed by atoms with Crippen molar-refractivity contribution in [2.24, 2.45) is 5.41 Å². The van der Waals surface area contributed by atoms with E-state index in [-0.39, 0.29) is 11.5 Å². The summed E-state index contributed by atoms with van der Waals surface area (Å²) in [7, 11) is 0. The van der Waals surface area contributed by atoms with Crippen LogP contribution in [0.4, 0.5) is 0 Å². The number of rotatable bonds is 3. The first-order valence-corrected chi connectivity index (χ1v) is 6.12. The van der Waals surface area contributed by atoms with E-state index in [0.29, 0.717) is 0 Å². The number of fused-ring (bicyclic) bond motifs is 1. The highest BCUT2D eigenvalue weighted by Gasteiger charge is 2.46. The Kier molecular flexibility index (Phi) is 2.21. The number of benzene rings is 1. The molecule has 1 aliphatic carbocycles. The van der Waals surface area contributed by atoms with Crippen molar-refractivity contribution in [3.63, 3.8) is 0 Å². The van der Waals surface area contributed by atoms with Crippen LogP contribution in [0.15, 0.2) is 18.2 Å². The van der Waals surface area contributed by atoms with Crippen molar-refractivity contribution in [2.45, 2.75) is 38.7 Å². The van der Waals surface area contributed by atoms with Crippen LogP contribution < -0.4 is 4.74 Å². The predicted molar refractivity (Wildman–Crippen MR) is 62.7 cm³/mol. The maximum atomic E-state index is 9.77. The largest absolute Gasteiger partial charge is 0.493 e.